The Labute approximate surface area is 144 Å². The minimum absolute atomic E-state index is 0.238. The van der Waals surface area contributed by atoms with E-state index in [-0.39, 0.29) is 5.91 Å². The van der Waals surface area contributed by atoms with Gasteiger partial charge in [0.15, 0.2) is 0 Å². The molecular formula is C17H21N5O3. The van der Waals surface area contributed by atoms with Crippen molar-refractivity contribution < 1.29 is 14.7 Å². The summed E-state index contributed by atoms with van der Waals surface area (Å²) in [6, 6.07) is 2.01. The van der Waals surface area contributed by atoms with E-state index < -0.39 is 12.0 Å². The summed E-state index contributed by atoms with van der Waals surface area (Å²) in [5.41, 5.74) is 7.67. The summed E-state index contributed by atoms with van der Waals surface area (Å²) < 4.78 is 0. The number of amides is 2. The smallest absolute Gasteiger partial charge is 0.251 e. The zero-order chi connectivity index (χ0) is 18.0. The molecule has 1 aliphatic heterocycles. The van der Waals surface area contributed by atoms with Crippen LogP contribution in [0.2, 0.25) is 0 Å². The molecule has 0 unspecified atom stereocenters. The number of fused-ring (bicyclic) bond motifs is 1. The predicted octanol–water partition coefficient (Wildman–Crippen LogP) is 0.0908. The molecular weight excluding hydrogens is 322 g/mol. The minimum atomic E-state index is -0.968. The van der Waals surface area contributed by atoms with E-state index >= 15 is 0 Å². The van der Waals surface area contributed by atoms with Gasteiger partial charge in [0.05, 0.1) is 11.9 Å². The van der Waals surface area contributed by atoms with Crippen molar-refractivity contribution in [2.75, 3.05) is 31.1 Å². The van der Waals surface area contributed by atoms with E-state index in [4.69, 9.17) is 5.73 Å². The molecule has 0 aromatic carbocycles. The van der Waals surface area contributed by atoms with Gasteiger partial charge in [-0.2, -0.15) is 0 Å². The topological polar surface area (TPSA) is 116 Å². The predicted molar refractivity (Wildman–Crippen MR) is 94.8 cm³/mol. The molecule has 3 heterocycles. The monoisotopic (exact) mass is 343 g/mol. The summed E-state index contributed by atoms with van der Waals surface area (Å²) in [4.78, 5) is 34.1. The van der Waals surface area contributed by atoms with Gasteiger partial charge in [0, 0.05) is 49.4 Å². The van der Waals surface area contributed by atoms with Crippen LogP contribution < -0.4 is 10.6 Å². The number of anilines is 1. The first-order chi connectivity index (χ1) is 12.0. The minimum Gasteiger partial charge on any atom is -0.384 e. The number of nitrogens with two attached hydrogens (primary N) is 1. The Morgan fingerprint density at radius 1 is 1.36 bits per heavy atom. The first-order valence-electron chi connectivity index (χ1n) is 8.12. The molecule has 1 fully saturated rings. The normalized spacial score (nSPS) is 16.6. The molecule has 0 bridgehead atoms. The molecule has 3 rings (SSSR count). The van der Waals surface area contributed by atoms with Gasteiger partial charge in [0.2, 0.25) is 5.91 Å². The third kappa shape index (κ3) is 3.63. The maximum absolute atomic E-state index is 11.8. The Bertz CT molecular complexity index is 819. The van der Waals surface area contributed by atoms with Gasteiger partial charge in [-0.05, 0) is 19.1 Å². The standard InChI is InChI=1S/C17H21N5O3/c1-11(23)17(25)22-6-4-21(5-7-22)13-8-14-12(2-3-15(18)24)9-19-16(14)20-10-13/h2-3,8-11,23H,4-7H2,1H3,(H2,18,24)(H,19,20)/b3-2+/t11-/m0/s1. The average Bonchev–Trinajstić information content (AvgIpc) is 3.01. The summed E-state index contributed by atoms with van der Waals surface area (Å²) in [5, 5.41) is 10.3. The van der Waals surface area contributed by atoms with E-state index in [9.17, 15) is 14.7 Å². The maximum Gasteiger partial charge on any atom is 0.251 e. The fourth-order valence-electron chi connectivity index (χ4n) is 2.94. The van der Waals surface area contributed by atoms with Crippen molar-refractivity contribution in [3.8, 4) is 0 Å². The number of nitrogens with one attached hydrogen (secondary N) is 1. The quantitative estimate of drug-likeness (QED) is 0.681. The van der Waals surface area contributed by atoms with Crippen molar-refractivity contribution in [3.63, 3.8) is 0 Å². The van der Waals surface area contributed by atoms with E-state index in [1.54, 1.807) is 23.4 Å². The molecule has 1 aliphatic rings. The number of primary amides is 1. The number of piperazine rings is 1. The number of aliphatic hydroxyl groups is 1. The lowest BCUT2D eigenvalue weighted by atomic mass is 10.1. The average molecular weight is 343 g/mol. The molecule has 0 spiro atoms. The summed E-state index contributed by atoms with van der Waals surface area (Å²) in [6.07, 6.45) is 5.57. The van der Waals surface area contributed by atoms with Crippen LogP contribution in [0.1, 0.15) is 12.5 Å². The molecule has 2 aromatic rings. The van der Waals surface area contributed by atoms with Gasteiger partial charge in [-0.15, -0.1) is 0 Å². The third-order valence-corrected chi connectivity index (χ3v) is 4.29. The highest BCUT2D eigenvalue weighted by Crippen LogP contribution is 2.24. The van der Waals surface area contributed by atoms with Crippen molar-refractivity contribution in [3.05, 3.63) is 30.1 Å². The van der Waals surface area contributed by atoms with Gasteiger partial charge in [0.25, 0.3) is 5.91 Å². The largest absolute Gasteiger partial charge is 0.384 e. The molecule has 132 valence electrons. The number of pyridine rings is 1. The number of carbonyl (C=O) groups excluding carboxylic acids is 2. The second-order valence-electron chi connectivity index (χ2n) is 6.06. The second-order valence-corrected chi connectivity index (χ2v) is 6.06. The number of hydrogen-bond donors (Lipinski definition) is 3. The van der Waals surface area contributed by atoms with Gasteiger partial charge in [-0.3, -0.25) is 9.59 Å². The SMILES string of the molecule is C[C@H](O)C(=O)N1CCN(c2cnc3[nH]cc(/C=C/C(N)=O)c3c2)CC1. The van der Waals surface area contributed by atoms with Crippen molar-refractivity contribution >= 4 is 34.6 Å². The van der Waals surface area contributed by atoms with Crippen LogP contribution in [0, 0.1) is 0 Å². The van der Waals surface area contributed by atoms with E-state index in [0.29, 0.717) is 26.2 Å². The first-order valence-corrected chi connectivity index (χ1v) is 8.12. The van der Waals surface area contributed by atoms with Crippen LogP contribution in [0.5, 0.6) is 0 Å². The molecule has 1 atom stereocenters. The highest BCUT2D eigenvalue weighted by atomic mass is 16.3. The molecule has 8 heteroatoms. The van der Waals surface area contributed by atoms with E-state index in [1.807, 2.05) is 6.07 Å². The van der Waals surface area contributed by atoms with Gasteiger partial charge in [-0.25, -0.2) is 4.98 Å². The molecule has 8 nitrogen and oxygen atoms in total. The zero-order valence-corrected chi connectivity index (χ0v) is 14.0. The number of H-pyrrole nitrogens is 1. The van der Waals surface area contributed by atoms with Crippen molar-refractivity contribution in [2.24, 2.45) is 5.73 Å². The fourth-order valence-corrected chi connectivity index (χ4v) is 2.94. The molecule has 0 aliphatic carbocycles. The van der Waals surface area contributed by atoms with Crippen LogP contribution in [0.3, 0.4) is 0 Å². The Hall–Kier alpha value is -2.87. The summed E-state index contributed by atoms with van der Waals surface area (Å²) >= 11 is 0. The number of aliphatic hydroxyl groups excluding tert-OH is 1. The summed E-state index contributed by atoms with van der Waals surface area (Å²) in [5.74, 6) is -0.741. The second kappa shape index (κ2) is 6.94. The van der Waals surface area contributed by atoms with Crippen LogP contribution in [0.4, 0.5) is 5.69 Å². The maximum atomic E-state index is 11.8. The number of aromatic amines is 1. The van der Waals surface area contributed by atoms with Crippen LogP contribution in [0.15, 0.2) is 24.5 Å². The Kier molecular flexibility index (Phi) is 4.71. The van der Waals surface area contributed by atoms with E-state index in [0.717, 1.165) is 22.3 Å². The summed E-state index contributed by atoms with van der Waals surface area (Å²) in [6.45, 7) is 3.94. The van der Waals surface area contributed by atoms with Crippen LogP contribution in [-0.4, -0.2) is 64.1 Å². The molecule has 25 heavy (non-hydrogen) atoms. The third-order valence-electron chi connectivity index (χ3n) is 4.29. The molecule has 2 amide bonds. The zero-order valence-electron chi connectivity index (χ0n) is 14.0. The number of aromatic nitrogens is 2. The number of rotatable bonds is 4. The van der Waals surface area contributed by atoms with E-state index in [1.165, 1.54) is 13.0 Å². The van der Waals surface area contributed by atoms with Gasteiger partial charge in [-0.1, -0.05) is 0 Å². The number of carbonyl (C=O) groups is 2. The molecule has 2 aromatic heterocycles. The van der Waals surface area contributed by atoms with Crippen molar-refractivity contribution in [2.45, 2.75) is 13.0 Å². The van der Waals surface area contributed by atoms with Crippen molar-refractivity contribution in [1.29, 1.82) is 0 Å². The van der Waals surface area contributed by atoms with Gasteiger partial charge >= 0.3 is 0 Å². The number of nitrogens with zero attached hydrogens (tertiary/aromatic N) is 3. The lowest BCUT2D eigenvalue weighted by Crippen LogP contribution is -2.51. The lowest BCUT2D eigenvalue weighted by Gasteiger charge is -2.36. The van der Waals surface area contributed by atoms with Crippen LogP contribution >= 0.6 is 0 Å². The van der Waals surface area contributed by atoms with Gasteiger partial charge < -0.3 is 25.6 Å². The highest BCUT2D eigenvalue weighted by Gasteiger charge is 2.24. The first kappa shape index (κ1) is 17.0. The summed E-state index contributed by atoms with van der Waals surface area (Å²) in [7, 11) is 0. The lowest BCUT2D eigenvalue weighted by molar-refractivity contribution is -0.139. The molecule has 0 radical (unpaired) electrons. The molecule has 0 saturated carbocycles. The Morgan fingerprint density at radius 3 is 2.72 bits per heavy atom. The van der Waals surface area contributed by atoms with Crippen LogP contribution in [-0.2, 0) is 9.59 Å². The van der Waals surface area contributed by atoms with Crippen LogP contribution in [0.25, 0.3) is 17.1 Å². The van der Waals surface area contributed by atoms with E-state index in [2.05, 4.69) is 14.9 Å². The van der Waals surface area contributed by atoms with Crippen molar-refractivity contribution in [1.82, 2.24) is 14.9 Å². The molecule has 4 N–H and O–H groups in total. The Morgan fingerprint density at radius 2 is 2.08 bits per heavy atom. The van der Waals surface area contributed by atoms with Gasteiger partial charge in [0.1, 0.15) is 11.8 Å². The highest BCUT2D eigenvalue weighted by molar-refractivity contribution is 5.95. The fraction of sp³-hybridized carbons (Fsp3) is 0.353. The molecule has 1 saturated heterocycles. The Balaban J connectivity index is 1.77. The number of hydrogen-bond acceptors (Lipinski definition) is 5.